The molecule has 1 aliphatic rings. The Bertz CT molecular complexity index is 619. The fourth-order valence-electron chi connectivity index (χ4n) is 2.82. The number of nitrogens with one attached hydrogen (secondary N) is 1. The van der Waals surface area contributed by atoms with Crippen LogP contribution in [0, 0.1) is 0 Å². The SMILES string of the molecule is CCc1cc2c(NC3CCN(CC)CC3)nc(Cl)nc2s1. The molecule has 1 N–H and O–H groups in total. The van der Waals surface area contributed by atoms with Gasteiger partial charge >= 0.3 is 0 Å². The van der Waals surface area contributed by atoms with Gasteiger partial charge in [-0.25, -0.2) is 9.97 Å². The molecule has 0 aromatic carbocycles. The smallest absolute Gasteiger partial charge is 0.225 e. The van der Waals surface area contributed by atoms with Gasteiger partial charge in [0.15, 0.2) is 0 Å². The maximum Gasteiger partial charge on any atom is 0.225 e. The van der Waals surface area contributed by atoms with E-state index in [9.17, 15) is 0 Å². The summed E-state index contributed by atoms with van der Waals surface area (Å²) in [6.45, 7) is 7.83. The average molecular weight is 325 g/mol. The van der Waals surface area contributed by atoms with Crippen LogP contribution in [0.25, 0.3) is 10.2 Å². The molecule has 1 fully saturated rings. The fourth-order valence-corrected chi connectivity index (χ4v) is 4.00. The van der Waals surface area contributed by atoms with Gasteiger partial charge in [0.05, 0.1) is 5.39 Å². The van der Waals surface area contributed by atoms with Gasteiger partial charge in [0.25, 0.3) is 0 Å². The number of aromatic nitrogens is 2. The summed E-state index contributed by atoms with van der Waals surface area (Å²) in [5.41, 5.74) is 0. The minimum atomic E-state index is 0.334. The van der Waals surface area contributed by atoms with Crippen molar-refractivity contribution in [3.05, 3.63) is 16.2 Å². The van der Waals surface area contributed by atoms with Crippen molar-refractivity contribution in [3.8, 4) is 0 Å². The first-order valence-corrected chi connectivity index (χ1v) is 8.84. The monoisotopic (exact) mass is 324 g/mol. The maximum atomic E-state index is 6.08. The van der Waals surface area contributed by atoms with E-state index in [0.717, 1.165) is 54.9 Å². The zero-order valence-electron chi connectivity index (χ0n) is 12.5. The molecule has 0 saturated carbocycles. The predicted molar refractivity (Wildman–Crippen MR) is 90.6 cm³/mol. The number of nitrogens with zero attached hydrogens (tertiary/aromatic N) is 3. The molecule has 3 heterocycles. The molecule has 2 aromatic rings. The number of likely N-dealkylation sites (tertiary alicyclic amines) is 1. The molecule has 0 spiro atoms. The highest BCUT2D eigenvalue weighted by molar-refractivity contribution is 7.18. The van der Waals surface area contributed by atoms with Gasteiger partial charge in [-0.15, -0.1) is 11.3 Å². The quantitative estimate of drug-likeness (QED) is 0.868. The van der Waals surface area contributed by atoms with Gasteiger partial charge in [-0.05, 0) is 43.5 Å². The molecule has 2 aromatic heterocycles. The fraction of sp³-hybridized carbons (Fsp3) is 0.600. The van der Waals surface area contributed by atoms with Crippen LogP contribution < -0.4 is 5.32 Å². The van der Waals surface area contributed by atoms with Crippen molar-refractivity contribution in [1.82, 2.24) is 14.9 Å². The summed E-state index contributed by atoms with van der Waals surface area (Å²) in [7, 11) is 0. The van der Waals surface area contributed by atoms with E-state index in [0.29, 0.717) is 11.3 Å². The first-order chi connectivity index (χ1) is 10.2. The number of hydrogen-bond donors (Lipinski definition) is 1. The summed E-state index contributed by atoms with van der Waals surface area (Å²) in [5, 5.41) is 5.04. The standard InChI is InChI=1S/C15H21ClN4S/c1-3-11-9-12-13(18-15(16)19-14(12)21-11)17-10-5-7-20(4-2)8-6-10/h9-10H,3-8H2,1-2H3,(H,17,18,19). The predicted octanol–water partition coefficient (Wildman–Crippen LogP) is 3.80. The highest BCUT2D eigenvalue weighted by Gasteiger charge is 2.20. The third kappa shape index (κ3) is 3.30. The van der Waals surface area contributed by atoms with E-state index >= 15 is 0 Å². The number of anilines is 1. The summed E-state index contributed by atoms with van der Waals surface area (Å²) in [4.78, 5) is 13.6. The molecule has 4 nitrogen and oxygen atoms in total. The summed E-state index contributed by atoms with van der Waals surface area (Å²) >= 11 is 7.78. The lowest BCUT2D eigenvalue weighted by Crippen LogP contribution is -2.39. The number of piperidine rings is 1. The number of rotatable bonds is 4. The molecule has 1 saturated heterocycles. The van der Waals surface area contributed by atoms with Crippen molar-refractivity contribution in [2.45, 2.75) is 39.2 Å². The van der Waals surface area contributed by atoms with Crippen LogP contribution in [0.4, 0.5) is 5.82 Å². The van der Waals surface area contributed by atoms with Crippen LogP contribution in [-0.4, -0.2) is 40.5 Å². The molecular weight excluding hydrogens is 304 g/mol. The Labute approximate surface area is 134 Å². The molecule has 0 unspecified atom stereocenters. The number of aryl methyl sites for hydroxylation is 1. The normalized spacial score (nSPS) is 17.5. The minimum Gasteiger partial charge on any atom is -0.367 e. The number of fused-ring (bicyclic) bond motifs is 1. The van der Waals surface area contributed by atoms with Gasteiger partial charge < -0.3 is 10.2 Å². The van der Waals surface area contributed by atoms with E-state index < -0.39 is 0 Å². The topological polar surface area (TPSA) is 41.0 Å². The molecule has 0 bridgehead atoms. The van der Waals surface area contributed by atoms with Crippen molar-refractivity contribution < 1.29 is 0 Å². The highest BCUT2D eigenvalue weighted by Crippen LogP contribution is 2.31. The summed E-state index contributed by atoms with van der Waals surface area (Å²) in [6.07, 6.45) is 3.33. The largest absolute Gasteiger partial charge is 0.367 e. The lowest BCUT2D eigenvalue weighted by Gasteiger charge is -2.31. The van der Waals surface area contributed by atoms with Gasteiger partial charge in [-0.3, -0.25) is 0 Å². The second-order valence-corrected chi connectivity index (χ2v) is 6.93. The van der Waals surface area contributed by atoms with Crippen LogP contribution in [-0.2, 0) is 6.42 Å². The van der Waals surface area contributed by atoms with Crippen molar-refractivity contribution in [3.63, 3.8) is 0 Å². The molecule has 0 atom stereocenters. The van der Waals surface area contributed by atoms with Gasteiger partial charge in [0.1, 0.15) is 10.6 Å². The number of thiophene rings is 1. The Morgan fingerprint density at radius 3 is 2.76 bits per heavy atom. The van der Waals surface area contributed by atoms with Crippen LogP contribution >= 0.6 is 22.9 Å². The van der Waals surface area contributed by atoms with Crippen molar-refractivity contribution >= 4 is 39.0 Å². The van der Waals surface area contributed by atoms with Crippen LogP contribution in [0.5, 0.6) is 0 Å². The van der Waals surface area contributed by atoms with Crippen molar-refractivity contribution in [1.29, 1.82) is 0 Å². The first kappa shape index (κ1) is 15.0. The molecular formula is C15H21ClN4S. The third-order valence-electron chi connectivity index (χ3n) is 4.14. The third-order valence-corrected chi connectivity index (χ3v) is 5.48. The lowest BCUT2D eigenvalue weighted by molar-refractivity contribution is 0.229. The molecule has 114 valence electrons. The Morgan fingerprint density at radius 2 is 2.10 bits per heavy atom. The molecule has 21 heavy (non-hydrogen) atoms. The van der Waals surface area contributed by atoms with E-state index in [4.69, 9.17) is 11.6 Å². The number of halogens is 1. The van der Waals surface area contributed by atoms with E-state index in [1.165, 1.54) is 4.88 Å². The Hall–Kier alpha value is -0.910. The maximum absolute atomic E-state index is 6.08. The Balaban J connectivity index is 1.81. The Morgan fingerprint density at radius 1 is 1.33 bits per heavy atom. The van der Waals surface area contributed by atoms with Gasteiger partial charge in [-0.2, -0.15) is 0 Å². The lowest BCUT2D eigenvalue weighted by atomic mass is 10.1. The van der Waals surface area contributed by atoms with E-state index in [2.05, 4.69) is 40.1 Å². The second kappa shape index (κ2) is 6.46. The van der Waals surface area contributed by atoms with E-state index in [1.54, 1.807) is 11.3 Å². The van der Waals surface area contributed by atoms with Crippen molar-refractivity contribution in [2.24, 2.45) is 0 Å². The zero-order valence-corrected chi connectivity index (χ0v) is 14.1. The average Bonchev–Trinajstić information content (AvgIpc) is 2.91. The minimum absolute atomic E-state index is 0.334. The van der Waals surface area contributed by atoms with Crippen LogP contribution in [0.2, 0.25) is 5.28 Å². The molecule has 3 rings (SSSR count). The van der Waals surface area contributed by atoms with Crippen molar-refractivity contribution in [2.75, 3.05) is 25.0 Å². The highest BCUT2D eigenvalue weighted by atomic mass is 35.5. The summed E-state index contributed by atoms with van der Waals surface area (Å²) < 4.78 is 0. The molecule has 0 radical (unpaired) electrons. The molecule has 6 heteroatoms. The van der Waals surface area contributed by atoms with Crippen LogP contribution in [0.3, 0.4) is 0 Å². The zero-order chi connectivity index (χ0) is 14.8. The van der Waals surface area contributed by atoms with E-state index in [-0.39, 0.29) is 0 Å². The first-order valence-electron chi connectivity index (χ1n) is 7.64. The number of hydrogen-bond acceptors (Lipinski definition) is 5. The van der Waals surface area contributed by atoms with Crippen LogP contribution in [0.15, 0.2) is 6.07 Å². The summed E-state index contributed by atoms with van der Waals surface area (Å²) in [5.74, 6) is 0.899. The van der Waals surface area contributed by atoms with Gasteiger partial charge in [0, 0.05) is 24.0 Å². The van der Waals surface area contributed by atoms with Crippen LogP contribution in [0.1, 0.15) is 31.6 Å². The molecule has 0 amide bonds. The second-order valence-electron chi connectivity index (χ2n) is 5.48. The van der Waals surface area contributed by atoms with Gasteiger partial charge in [-0.1, -0.05) is 13.8 Å². The molecule has 0 aliphatic carbocycles. The van der Waals surface area contributed by atoms with Gasteiger partial charge in [0.2, 0.25) is 5.28 Å². The van der Waals surface area contributed by atoms with E-state index in [1.807, 2.05) is 0 Å². The Kier molecular flexibility index (Phi) is 4.62. The molecule has 1 aliphatic heterocycles. The summed E-state index contributed by atoms with van der Waals surface area (Å²) in [6, 6.07) is 2.67.